The largest absolute Gasteiger partial charge is 0.493 e. The molecule has 1 N–H and O–H groups in total. The molecule has 2 aromatic carbocycles. The van der Waals surface area contributed by atoms with Gasteiger partial charge < -0.3 is 9.47 Å². The van der Waals surface area contributed by atoms with Gasteiger partial charge in [-0.2, -0.15) is 0 Å². The van der Waals surface area contributed by atoms with Crippen LogP contribution in [0.2, 0.25) is 0 Å². The van der Waals surface area contributed by atoms with Crippen LogP contribution in [0.1, 0.15) is 21.6 Å². The molecule has 3 aromatic rings. The molecule has 0 saturated heterocycles. The van der Waals surface area contributed by atoms with Gasteiger partial charge in [0.2, 0.25) is 0 Å². The molecule has 0 aliphatic heterocycles. The van der Waals surface area contributed by atoms with E-state index in [1.165, 1.54) is 18.4 Å². The summed E-state index contributed by atoms with van der Waals surface area (Å²) in [6.45, 7) is 0.629. The monoisotopic (exact) mass is 370 g/mol. The first-order chi connectivity index (χ1) is 12.8. The standard InChI is InChI=1S/C19H18N2O4S/c1-23-18-9-15(7-8-17(18)24-11-16-12-26-13-20-16)19(22)21-25-10-14-5-3-2-4-6-14/h2-9,12-13H,10-11H2,1H3,(H,21,22). The molecule has 0 aliphatic rings. The number of hydrogen-bond donors (Lipinski definition) is 1. The Kier molecular flexibility index (Phi) is 6.19. The molecule has 3 rings (SSSR count). The average Bonchev–Trinajstić information content (AvgIpc) is 3.20. The molecule has 1 amide bonds. The van der Waals surface area contributed by atoms with Gasteiger partial charge in [0.25, 0.3) is 5.91 Å². The first-order valence-corrected chi connectivity index (χ1v) is 8.84. The molecule has 134 valence electrons. The minimum absolute atomic E-state index is 0.290. The van der Waals surface area contributed by atoms with Gasteiger partial charge in [-0.25, -0.2) is 10.5 Å². The van der Waals surface area contributed by atoms with E-state index in [0.29, 0.717) is 30.3 Å². The second-order valence-corrected chi connectivity index (χ2v) is 6.06. The topological polar surface area (TPSA) is 69.7 Å². The highest BCUT2D eigenvalue weighted by molar-refractivity contribution is 7.07. The molecule has 26 heavy (non-hydrogen) atoms. The Morgan fingerprint density at radius 1 is 1.12 bits per heavy atom. The fourth-order valence-corrected chi connectivity index (χ4v) is 2.75. The first kappa shape index (κ1) is 17.9. The Labute approximate surface area is 155 Å². The highest BCUT2D eigenvalue weighted by Gasteiger charge is 2.12. The van der Waals surface area contributed by atoms with E-state index in [2.05, 4.69) is 10.5 Å². The zero-order chi connectivity index (χ0) is 18.2. The van der Waals surface area contributed by atoms with Crippen LogP contribution in [0.15, 0.2) is 59.4 Å². The number of hydroxylamine groups is 1. The molecule has 0 aliphatic carbocycles. The zero-order valence-corrected chi connectivity index (χ0v) is 15.0. The molecule has 0 unspecified atom stereocenters. The van der Waals surface area contributed by atoms with Crippen LogP contribution in [-0.4, -0.2) is 18.0 Å². The van der Waals surface area contributed by atoms with Crippen molar-refractivity contribution in [3.05, 3.63) is 76.2 Å². The van der Waals surface area contributed by atoms with Crippen molar-refractivity contribution in [1.82, 2.24) is 10.5 Å². The van der Waals surface area contributed by atoms with Crippen LogP contribution < -0.4 is 15.0 Å². The van der Waals surface area contributed by atoms with Gasteiger partial charge in [0, 0.05) is 10.9 Å². The number of aromatic nitrogens is 1. The second kappa shape index (κ2) is 8.98. The summed E-state index contributed by atoms with van der Waals surface area (Å²) in [6, 6.07) is 14.5. The van der Waals surface area contributed by atoms with Crippen molar-refractivity contribution in [1.29, 1.82) is 0 Å². The molecule has 0 spiro atoms. The molecule has 0 radical (unpaired) electrons. The quantitative estimate of drug-likeness (QED) is 0.614. The summed E-state index contributed by atoms with van der Waals surface area (Å²) in [7, 11) is 1.53. The van der Waals surface area contributed by atoms with Gasteiger partial charge >= 0.3 is 0 Å². The van der Waals surface area contributed by atoms with E-state index in [-0.39, 0.29) is 5.91 Å². The lowest BCUT2D eigenvalue weighted by Crippen LogP contribution is -2.23. The van der Waals surface area contributed by atoms with E-state index in [9.17, 15) is 4.79 Å². The predicted molar refractivity (Wildman–Crippen MR) is 98.1 cm³/mol. The van der Waals surface area contributed by atoms with Crippen molar-refractivity contribution in [2.75, 3.05) is 7.11 Å². The van der Waals surface area contributed by atoms with E-state index in [1.807, 2.05) is 35.7 Å². The molecule has 1 aromatic heterocycles. The molecule has 6 nitrogen and oxygen atoms in total. The van der Waals surface area contributed by atoms with E-state index in [4.69, 9.17) is 14.3 Å². The summed E-state index contributed by atoms with van der Waals surface area (Å²) in [5.74, 6) is 0.656. The second-order valence-electron chi connectivity index (χ2n) is 5.34. The highest BCUT2D eigenvalue weighted by Crippen LogP contribution is 2.28. The molecular weight excluding hydrogens is 352 g/mol. The summed E-state index contributed by atoms with van der Waals surface area (Å²) in [6.07, 6.45) is 0. The molecule has 0 bridgehead atoms. The number of ether oxygens (including phenoxy) is 2. The minimum Gasteiger partial charge on any atom is -0.493 e. The number of carbonyl (C=O) groups excluding carboxylic acids is 1. The summed E-state index contributed by atoms with van der Waals surface area (Å²) >= 11 is 1.51. The maximum absolute atomic E-state index is 12.2. The van der Waals surface area contributed by atoms with Crippen LogP contribution in [-0.2, 0) is 18.1 Å². The van der Waals surface area contributed by atoms with Gasteiger partial charge in [0.15, 0.2) is 11.5 Å². The number of amides is 1. The van der Waals surface area contributed by atoms with Gasteiger partial charge in [-0.3, -0.25) is 9.63 Å². The Balaban J connectivity index is 1.57. The van der Waals surface area contributed by atoms with Gasteiger partial charge in [0.05, 0.1) is 24.9 Å². The fraction of sp³-hybridized carbons (Fsp3) is 0.158. The number of benzene rings is 2. The van der Waals surface area contributed by atoms with Crippen molar-refractivity contribution in [2.45, 2.75) is 13.2 Å². The Morgan fingerprint density at radius 2 is 1.96 bits per heavy atom. The van der Waals surface area contributed by atoms with Gasteiger partial charge in [-0.15, -0.1) is 11.3 Å². The van der Waals surface area contributed by atoms with Crippen LogP contribution in [0.25, 0.3) is 0 Å². The Bertz CT molecular complexity index is 838. The number of carbonyl (C=O) groups is 1. The molecular formula is C19H18N2O4S. The average molecular weight is 370 g/mol. The number of thiazole rings is 1. The number of rotatable bonds is 8. The normalized spacial score (nSPS) is 10.3. The Hall–Kier alpha value is -2.90. The lowest BCUT2D eigenvalue weighted by Gasteiger charge is -2.12. The number of nitrogens with one attached hydrogen (secondary N) is 1. The fourth-order valence-electron chi connectivity index (χ4n) is 2.21. The Morgan fingerprint density at radius 3 is 2.69 bits per heavy atom. The third-order valence-electron chi connectivity index (χ3n) is 3.53. The lowest BCUT2D eigenvalue weighted by atomic mass is 10.2. The molecule has 0 atom stereocenters. The summed E-state index contributed by atoms with van der Waals surface area (Å²) in [4.78, 5) is 21.6. The molecule has 1 heterocycles. The maximum atomic E-state index is 12.2. The molecule has 0 saturated carbocycles. The van der Waals surface area contributed by atoms with Crippen LogP contribution in [0, 0.1) is 0 Å². The van der Waals surface area contributed by atoms with Crippen LogP contribution in [0.3, 0.4) is 0 Å². The number of nitrogens with zero attached hydrogens (tertiary/aromatic N) is 1. The number of hydrogen-bond acceptors (Lipinski definition) is 6. The molecule has 0 fully saturated rings. The third kappa shape index (κ3) is 4.81. The third-order valence-corrected chi connectivity index (χ3v) is 4.17. The SMILES string of the molecule is COc1cc(C(=O)NOCc2ccccc2)ccc1OCc1cscn1. The summed E-state index contributed by atoms with van der Waals surface area (Å²) in [5.41, 5.74) is 6.40. The van der Waals surface area contributed by atoms with Gasteiger partial charge in [-0.05, 0) is 23.8 Å². The van der Waals surface area contributed by atoms with Crippen molar-refractivity contribution in [2.24, 2.45) is 0 Å². The van der Waals surface area contributed by atoms with Gasteiger partial charge in [0.1, 0.15) is 6.61 Å². The minimum atomic E-state index is -0.356. The lowest BCUT2D eigenvalue weighted by molar-refractivity contribution is 0.0233. The molecule has 7 heteroatoms. The smallest absolute Gasteiger partial charge is 0.274 e. The van der Waals surface area contributed by atoms with Crippen LogP contribution >= 0.6 is 11.3 Å². The number of methoxy groups -OCH3 is 1. The summed E-state index contributed by atoms with van der Waals surface area (Å²) in [5, 5.41) is 1.92. The van der Waals surface area contributed by atoms with Crippen LogP contribution in [0.4, 0.5) is 0 Å². The van der Waals surface area contributed by atoms with E-state index in [1.54, 1.807) is 23.7 Å². The van der Waals surface area contributed by atoms with Crippen molar-refractivity contribution in [3.63, 3.8) is 0 Å². The van der Waals surface area contributed by atoms with Crippen molar-refractivity contribution >= 4 is 17.2 Å². The van der Waals surface area contributed by atoms with Gasteiger partial charge in [-0.1, -0.05) is 30.3 Å². The van der Waals surface area contributed by atoms with E-state index < -0.39 is 0 Å². The zero-order valence-electron chi connectivity index (χ0n) is 14.2. The highest BCUT2D eigenvalue weighted by atomic mass is 32.1. The van der Waals surface area contributed by atoms with E-state index >= 15 is 0 Å². The van der Waals surface area contributed by atoms with Crippen molar-refractivity contribution in [3.8, 4) is 11.5 Å². The van der Waals surface area contributed by atoms with Crippen molar-refractivity contribution < 1.29 is 19.1 Å². The van der Waals surface area contributed by atoms with Crippen LogP contribution in [0.5, 0.6) is 11.5 Å². The summed E-state index contributed by atoms with van der Waals surface area (Å²) < 4.78 is 11.0. The first-order valence-electron chi connectivity index (χ1n) is 7.90. The van der Waals surface area contributed by atoms with E-state index in [0.717, 1.165) is 11.3 Å². The maximum Gasteiger partial charge on any atom is 0.274 e. The predicted octanol–water partition coefficient (Wildman–Crippen LogP) is 3.59.